The fourth-order valence-corrected chi connectivity index (χ4v) is 7.57. The average Bonchev–Trinajstić information content (AvgIpc) is 3.61. The van der Waals surface area contributed by atoms with Gasteiger partial charge in [0.15, 0.2) is 0 Å². The summed E-state index contributed by atoms with van der Waals surface area (Å²) in [7, 11) is 0. The molecule has 15 heteroatoms. The van der Waals surface area contributed by atoms with Crippen LogP contribution in [0.4, 0.5) is 26.3 Å². The van der Waals surface area contributed by atoms with Gasteiger partial charge in [0.2, 0.25) is 5.60 Å². The standard InChI is InChI=1S/C39H43F6N3O5S/c1-5-10-31-37(53-27-23-32(54-24-27)39(43,44)45,16-9-19-48(31)34(50)33-29(38(40,41)42)12-8-18-46-33)35(51)47-20-14-26(15-21-47)28-11-6-7-13-30(28)52-22-17-36(3,4)25(2)49/h6-8,11-14,18,23-24,31H,5,9-10,15-17,19-22H2,1-4H3/t31-,37+/m1/s1. The number of alkyl halides is 6. The number of piperidine rings is 1. The molecule has 0 N–H and O–H groups in total. The van der Waals surface area contributed by atoms with Crippen LogP contribution in [0.25, 0.3) is 5.57 Å². The van der Waals surface area contributed by atoms with Crippen molar-refractivity contribution >= 4 is 34.5 Å². The molecule has 2 atom stereocenters. The third kappa shape index (κ3) is 8.76. The third-order valence-electron chi connectivity index (χ3n) is 10.2. The molecule has 5 rings (SSSR count). The zero-order valence-electron chi connectivity index (χ0n) is 30.5. The van der Waals surface area contributed by atoms with Gasteiger partial charge in [0.25, 0.3) is 11.8 Å². The quantitative estimate of drug-likeness (QED) is 0.171. The Balaban J connectivity index is 1.48. The number of ether oxygens (including phenoxy) is 2. The van der Waals surface area contributed by atoms with Crippen LogP contribution in [-0.4, -0.2) is 70.3 Å². The van der Waals surface area contributed by atoms with E-state index < -0.39 is 57.4 Å². The maximum Gasteiger partial charge on any atom is 0.425 e. The van der Waals surface area contributed by atoms with Crippen molar-refractivity contribution in [3.8, 4) is 11.5 Å². The van der Waals surface area contributed by atoms with Crippen LogP contribution < -0.4 is 9.47 Å². The number of likely N-dealkylation sites (tertiary alicyclic amines) is 1. The molecule has 2 aromatic heterocycles. The van der Waals surface area contributed by atoms with E-state index in [4.69, 9.17) is 9.47 Å². The first kappa shape index (κ1) is 40.8. The largest absolute Gasteiger partial charge is 0.493 e. The van der Waals surface area contributed by atoms with Crippen molar-refractivity contribution in [2.45, 2.75) is 90.2 Å². The van der Waals surface area contributed by atoms with Gasteiger partial charge in [-0.25, -0.2) is 0 Å². The molecule has 2 aliphatic rings. The summed E-state index contributed by atoms with van der Waals surface area (Å²) in [5, 5.41) is 1.14. The Morgan fingerprint density at radius 2 is 1.76 bits per heavy atom. The molecule has 3 aromatic rings. The van der Waals surface area contributed by atoms with Gasteiger partial charge in [-0.1, -0.05) is 51.5 Å². The number of carbonyl (C=O) groups is 3. The van der Waals surface area contributed by atoms with E-state index in [0.29, 0.717) is 43.0 Å². The monoisotopic (exact) mass is 779 g/mol. The van der Waals surface area contributed by atoms with Gasteiger partial charge in [0.1, 0.15) is 27.9 Å². The van der Waals surface area contributed by atoms with Gasteiger partial charge >= 0.3 is 12.4 Å². The predicted octanol–water partition coefficient (Wildman–Crippen LogP) is 9.10. The van der Waals surface area contributed by atoms with Gasteiger partial charge in [0, 0.05) is 54.7 Å². The molecule has 2 aliphatic heterocycles. The van der Waals surface area contributed by atoms with Gasteiger partial charge in [-0.05, 0) is 56.4 Å². The maximum atomic E-state index is 14.9. The molecule has 0 spiro atoms. The van der Waals surface area contributed by atoms with Crippen LogP contribution in [0.3, 0.4) is 0 Å². The molecule has 8 nitrogen and oxygen atoms in total. The van der Waals surface area contributed by atoms with Crippen LogP contribution in [-0.2, 0) is 21.9 Å². The Morgan fingerprint density at radius 3 is 2.39 bits per heavy atom. The number of para-hydroxylation sites is 1. The molecular weight excluding hydrogens is 736 g/mol. The molecule has 0 saturated carbocycles. The number of carbonyl (C=O) groups excluding carboxylic acids is 3. The van der Waals surface area contributed by atoms with E-state index in [1.54, 1.807) is 13.8 Å². The number of rotatable bonds is 12. The van der Waals surface area contributed by atoms with Crippen LogP contribution in [0.1, 0.15) is 92.7 Å². The Morgan fingerprint density at radius 1 is 1.02 bits per heavy atom. The Bertz CT molecular complexity index is 1870. The number of halogens is 6. The van der Waals surface area contributed by atoms with Gasteiger partial charge < -0.3 is 19.3 Å². The minimum Gasteiger partial charge on any atom is -0.493 e. The van der Waals surface area contributed by atoms with E-state index in [0.717, 1.165) is 40.9 Å². The van der Waals surface area contributed by atoms with Crippen LogP contribution in [0, 0.1) is 5.41 Å². The SMILES string of the molecule is CCC[C@H]1N(C(=O)c2ncccc2C(F)(F)F)CCC[C@@]1(Oc1csc(C(F)(F)F)c1)C(=O)N1CC=C(c2ccccc2OCCC(C)(C)C(C)=O)CC1. The fraction of sp³-hybridized carbons (Fsp3) is 0.487. The molecule has 54 heavy (non-hydrogen) atoms. The second kappa shape index (κ2) is 16.1. The minimum absolute atomic E-state index is 0.00613. The highest BCUT2D eigenvalue weighted by atomic mass is 32.1. The molecule has 1 fully saturated rings. The third-order valence-corrected chi connectivity index (χ3v) is 11.1. The van der Waals surface area contributed by atoms with Crippen molar-refractivity contribution in [1.29, 1.82) is 0 Å². The highest BCUT2D eigenvalue weighted by Crippen LogP contribution is 2.43. The number of Topliss-reactive ketones (excluding diaryl/α,β-unsaturated/α-hetero) is 1. The van der Waals surface area contributed by atoms with Crippen LogP contribution in [0.2, 0.25) is 0 Å². The molecule has 2 amide bonds. The van der Waals surface area contributed by atoms with Crippen molar-refractivity contribution in [2.24, 2.45) is 5.41 Å². The molecule has 0 unspecified atom stereocenters. The summed E-state index contributed by atoms with van der Waals surface area (Å²) in [5.41, 5.74) is -2.84. The number of thiophene rings is 1. The summed E-state index contributed by atoms with van der Waals surface area (Å²) in [6, 6.07) is 8.89. The van der Waals surface area contributed by atoms with Gasteiger partial charge in [-0.2, -0.15) is 26.3 Å². The van der Waals surface area contributed by atoms with E-state index in [2.05, 4.69) is 4.98 Å². The first-order valence-electron chi connectivity index (χ1n) is 17.8. The topological polar surface area (TPSA) is 89.0 Å². The maximum absolute atomic E-state index is 14.9. The molecule has 0 radical (unpaired) electrons. The van der Waals surface area contributed by atoms with Crippen molar-refractivity contribution < 1.29 is 50.2 Å². The van der Waals surface area contributed by atoms with Gasteiger partial charge in [0.05, 0.1) is 18.2 Å². The molecule has 1 saturated heterocycles. The number of nitrogens with zero attached hydrogens (tertiary/aromatic N) is 3. The zero-order chi connectivity index (χ0) is 39.5. The summed E-state index contributed by atoms with van der Waals surface area (Å²) in [4.78, 5) is 46.4. The molecular formula is C39H43F6N3O5S. The van der Waals surface area contributed by atoms with E-state index in [1.807, 2.05) is 44.2 Å². The number of ketones is 1. The summed E-state index contributed by atoms with van der Waals surface area (Å²) in [6.45, 7) is 7.59. The fourth-order valence-electron chi connectivity index (χ4n) is 6.89. The van der Waals surface area contributed by atoms with Crippen molar-refractivity contribution in [3.63, 3.8) is 0 Å². The van der Waals surface area contributed by atoms with E-state index in [1.165, 1.54) is 9.80 Å². The lowest BCUT2D eigenvalue weighted by molar-refractivity contribution is -0.159. The van der Waals surface area contributed by atoms with Crippen molar-refractivity contribution in [2.75, 3.05) is 26.2 Å². The molecule has 4 heterocycles. The normalized spacial score (nSPS) is 19.7. The second-order valence-corrected chi connectivity index (χ2v) is 15.1. The first-order valence-corrected chi connectivity index (χ1v) is 18.7. The highest BCUT2D eigenvalue weighted by molar-refractivity contribution is 7.10. The first-order chi connectivity index (χ1) is 25.4. The van der Waals surface area contributed by atoms with Gasteiger partial charge in [-0.15, -0.1) is 11.3 Å². The zero-order valence-corrected chi connectivity index (χ0v) is 31.3. The van der Waals surface area contributed by atoms with E-state index in [9.17, 15) is 40.7 Å². The number of benzene rings is 1. The number of amides is 2. The lowest BCUT2D eigenvalue weighted by atomic mass is 9.79. The van der Waals surface area contributed by atoms with Crippen LogP contribution >= 0.6 is 11.3 Å². The Hall–Kier alpha value is -4.40. The Labute approximate surface area is 314 Å². The lowest BCUT2D eigenvalue weighted by Gasteiger charge is -2.50. The van der Waals surface area contributed by atoms with Crippen LogP contribution in [0.5, 0.6) is 11.5 Å². The van der Waals surface area contributed by atoms with E-state index in [-0.39, 0.29) is 50.4 Å². The number of aromatic nitrogens is 1. The van der Waals surface area contributed by atoms with Gasteiger partial charge in [-0.3, -0.25) is 19.4 Å². The van der Waals surface area contributed by atoms with Crippen molar-refractivity contribution in [1.82, 2.24) is 14.8 Å². The number of hydrogen-bond acceptors (Lipinski definition) is 7. The minimum atomic E-state index is -4.89. The second-order valence-electron chi connectivity index (χ2n) is 14.2. The Kier molecular flexibility index (Phi) is 12.2. The molecule has 0 bridgehead atoms. The van der Waals surface area contributed by atoms with Crippen LogP contribution in [0.15, 0.2) is 60.1 Å². The molecule has 0 aliphatic carbocycles. The number of pyridine rings is 1. The summed E-state index contributed by atoms with van der Waals surface area (Å²) >= 11 is 0.393. The highest BCUT2D eigenvalue weighted by Gasteiger charge is 2.56. The summed E-state index contributed by atoms with van der Waals surface area (Å²) < 4.78 is 95.6. The van der Waals surface area contributed by atoms with Crippen molar-refractivity contribution in [3.05, 3.63) is 81.8 Å². The van der Waals surface area contributed by atoms with E-state index >= 15 is 0 Å². The summed E-state index contributed by atoms with van der Waals surface area (Å²) in [6.07, 6.45) is -5.13. The lowest BCUT2D eigenvalue weighted by Crippen LogP contribution is -2.68. The smallest absolute Gasteiger partial charge is 0.425 e. The molecule has 292 valence electrons. The summed E-state index contributed by atoms with van der Waals surface area (Å²) in [5.74, 6) is -1.20. The predicted molar refractivity (Wildman–Crippen MR) is 191 cm³/mol. The average molecular weight is 780 g/mol. The molecule has 1 aromatic carbocycles. The number of hydrogen-bond donors (Lipinski definition) is 0.